The van der Waals surface area contributed by atoms with Crippen LogP contribution in [0.1, 0.15) is 18.1 Å². The molecule has 5 N–H and O–H groups in total. The Bertz CT molecular complexity index is 981. The molecule has 1 aliphatic rings. The Kier molecular flexibility index (Phi) is 4.69. The van der Waals surface area contributed by atoms with E-state index in [0.29, 0.717) is 16.1 Å². The lowest BCUT2D eigenvalue weighted by atomic mass is 10.00. The Morgan fingerprint density at radius 2 is 1.67 bits per heavy atom. The van der Waals surface area contributed by atoms with Gasteiger partial charge in [0.1, 0.15) is 5.66 Å². The van der Waals surface area contributed by atoms with Gasteiger partial charge in [-0.25, -0.2) is 18.4 Å². The molecule has 2 aromatic rings. The fourth-order valence-corrected chi connectivity index (χ4v) is 3.88. The molecule has 144 valence electrons. The molecule has 0 radical (unpaired) electrons. The fraction of sp³-hybridized carbons (Fsp3) is 0.235. The minimum absolute atomic E-state index is 0.108. The predicted molar refractivity (Wildman–Crippen MR) is 98.4 cm³/mol. The number of nitrogens with zero attached hydrogens (tertiary/aromatic N) is 1. The zero-order chi connectivity index (χ0) is 20.0. The molecule has 1 fully saturated rings. The summed E-state index contributed by atoms with van der Waals surface area (Å²) in [4.78, 5) is 12.8. The number of aliphatic hydroxyl groups is 1. The number of halogens is 1. The second-order valence-corrected chi connectivity index (χ2v) is 8.50. The van der Waals surface area contributed by atoms with Crippen LogP contribution in [0.3, 0.4) is 0 Å². The number of benzene rings is 2. The number of primary sulfonamides is 1. The quantitative estimate of drug-likeness (QED) is 0.606. The zero-order valence-corrected chi connectivity index (χ0v) is 15.8. The number of β-amino-alcohol motifs (C(OH)–C–C–N with tert-alkyl or cyclic N) is 1. The van der Waals surface area contributed by atoms with Crippen LogP contribution in [0.2, 0.25) is 5.02 Å². The van der Waals surface area contributed by atoms with Gasteiger partial charge < -0.3 is 10.2 Å². The summed E-state index contributed by atoms with van der Waals surface area (Å²) < 4.78 is 22.8. The second-order valence-electron chi connectivity index (χ2n) is 6.50. The summed E-state index contributed by atoms with van der Waals surface area (Å²) in [7, 11) is -3.88. The van der Waals surface area contributed by atoms with Crippen LogP contribution < -0.4 is 10.5 Å². The molecule has 1 heterocycles. The smallest absolute Gasteiger partial charge is 0.409 e. The van der Waals surface area contributed by atoms with E-state index in [1.54, 1.807) is 31.2 Å². The maximum atomic E-state index is 11.8. The first kappa shape index (κ1) is 19.6. The summed E-state index contributed by atoms with van der Waals surface area (Å²) in [5, 5.41) is 29.3. The Labute approximate surface area is 161 Å². The van der Waals surface area contributed by atoms with Gasteiger partial charge in [0.15, 0.2) is 5.72 Å². The van der Waals surface area contributed by atoms with Gasteiger partial charge in [-0.2, -0.15) is 0 Å². The van der Waals surface area contributed by atoms with E-state index in [1.807, 2.05) is 0 Å². The van der Waals surface area contributed by atoms with Crippen LogP contribution in [0, 0.1) is 0 Å². The molecule has 3 rings (SSSR count). The Balaban J connectivity index is 2.02. The molecule has 0 saturated carbocycles. The number of hydrogen-bond donors (Lipinski definition) is 4. The molecule has 2 unspecified atom stereocenters. The highest BCUT2D eigenvalue weighted by Crippen LogP contribution is 2.39. The van der Waals surface area contributed by atoms with E-state index in [1.165, 1.54) is 24.3 Å². The predicted octanol–water partition coefficient (Wildman–Crippen LogP) is 1.59. The highest BCUT2D eigenvalue weighted by molar-refractivity contribution is 7.89. The first-order valence-electron chi connectivity index (χ1n) is 7.87. The molecule has 0 aliphatic carbocycles. The maximum absolute atomic E-state index is 11.8. The average Bonchev–Trinajstić information content (AvgIpc) is 2.88. The Hall–Kier alpha value is -2.17. The van der Waals surface area contributed by atoms with Crippen molar-refractivity contribution in [1.29, 1.82) is 0 Å². The van der Waals surface area contributed by atoms with Crippen molar-refractivity contribution in [2.75, 3.05) is 6.54 Å². The Morgan fingerprint density at radius 3 is 2.15 bits per heavy atom. The van der Waals surface area contributed by atoms with Crippen molar-refractivity contribution >= 4 is 27.7 Å². The van der Waals surface area contributed by atoms with E-state index in [9.17, 15) is 23.4 Å². The topological polar surface area (TPSA) is 133 Å². The maximum Gasteiger partial charge on any atom is 0.409 e. The third-order valence-corrected chi connectivity index (χ3v) is 5.86. The van der Waals surface area contributed by atoms with Crippen LogP contribution >= 0.6 is 11.6 Å². The van der Waals surface area contributed by atoms with Crippen LogP contribution in [-0.4, -0.2) is 36.2 Å². The summed E-state index contributed by atoms with van der Waals surface area (Å²) in [6.07, 6.45) is -1.22. The molecule has 2 atom stereocenters. The van der Waals surface area contributed by atoms with Crippen LogP contribution in [0.5, 0.6) is 0 Å². The van der Waals surface area contributed by atoms with E-state index in [0.717, 1.165) is 4.90 Å². The summed E-state index contributed by atoms with van der Waals surface area (Å²) in [5.41, 5.74) is -2.07. The molecule has 1 saturated heterocycles. The second kappa shape index (κ2) is 6.47. The summed E-state index contributed by atoms with van der Waals surface area (Å²) >= 11 is 5.91. The van der Waals surface area contributed by atoms with E-state index in [2.05, 4.69) is 5.32 Å². The van der Waals surface area contributed by atoms with Crippen molar-refractivity contribution < 1.29 is 23.4 Å². The van der Waals surface area contributed by atoms with Gasteiger partial charge in [-0.15, -0.1) is 0 Å². The summed E-state index contributed by atoms with van der Waals surface area (Å²) in [6.45, 7) is 1.36. The summed E-state index contributed by atoms with van der Waals surface area (Å²) in [5.74, 6) is 0. The van der Waals surface area contributed by atoms with Gasteiger partial charge in [0.05, 0.1) is 11.4 Å². The molecule has 1 amide bonds. The monoisotopic (exact) mass is 411 g/mol. The van der Waals surface area contributed by atoms with Gasteiger partial charge in [0.25, 0.3) is 0 Å². The minimum Gasteiger partial charge on any atom is -0.465 e. The molecular weight excluding hydrogens is 394 g/mol. The van der Waals surface area contributed by atoms with E-state index in [4.69, 9.17) is 16.7 Å². The largest absolute Gasteiger partial charge is 0.465 e. The lowest BCUT2D eigenvalue weighted by molar-refractivity contribution is 0.0193. The average molecular weight is 412 g/mol. The van der Waals surface area contributed by atoms with E-state index in [-0.39, 0.29) is 11.4 Å². The van der Waals surface area contributed by atoms with Crippen molar-refractivity contribution in [3.63, 3.8) is 0 Å². The minimum atomic E-state index is -3.88. The number of sulfonamides is 1. The molecule has 8 nitrogen and oxygen atoms in total. The van der Waals surface area contributed by atoms with E-state index >= 15 is 0 Å². The molecule has 0 spiro atoms. The van der Waals surface area contributed by atoms with Crippen LogP contribution in [0.15, 0.2) is 53.4 Å². The lowest BCUT2D eigenvalue weighted by Crippen LogP contribution is -2.50. The first-order chi connectivity index (χ1) is 12.5. The number of nitrogens with one attached hydrogen (secondary N) is 1. The Morgan fingerprint density at radius 1 is 1.15 bits per heavy atom. The number of carboxylic acid groups (broad SMARTS) is 1. The van der Waals surface area contributed by atoms with Gasteiger partial charge in [-0.3, -0.25) is 10.2 Å². The highest BCUT2D eigenvalue weighted by atomic mass is 35.5. The number of carbonyl (C=O) groups is 1. The lowest BCUT2D eigenvalue weighted by Gasteiger charge is -2.33. The van der Waals surface area contributed by atoms with Crippen LogP contribution in [0.25, 0.3) is 0 Å². The fourth-order valence-electron chi connectivity index (χ4n) is 3.24. The van der Waals surface area contributed by atoms with Gasteiger partial charge in [0, 0.05) is 10.6 Å². The van der Waals surface area contributed by atoms with Crippen molar-refractivity contribution in [2.24, 2.45) is 5.14 Å². The van der Waals surface area contributed by atoms with Crippen LogP contribution in [0.4, 0.5) is 4.79 Å². The normalized spacial score (nSPS) is 25.6. The van der Waals surface area contributed by atoms with Crippen molar-refractivity contribution in [3.05, 3.63) is 64.7 Å². The molecule has 1 aliphatic heterocycles. The van der Waals surface area contributed by atoms with Crippen molar-refractivity contribution in [1.82, 2.24) is 10.2 Å². The molecule has 10 heteroatoms. The first-order valence-corrected chi connectivity index (χ1v) is 9.80. The number of rotatable bonds is 3. The summed E-state index contributed by atoms with van der Waals surface area (Å²) in [6, 6.07) is 11.9. The van der Waals surface area contributed by atoms with Gasteiger partial charge in [-0.1, -0.05) is 35.9 Å². The molecular formula is C17H18ClN3O5S. The number of nitrogens with two attached hydrogens (primary N) is 1. The standard InChI is InChI=1S/C17H18ClN3O5S/c1-16(11-2-6-13(18)7-3-11)20-17(24,10-21(16)15(22)23)12-4-8-14(9-5-12)27(19,25)26/h2-9,20,24H,10H2,1H3,(H,22,23)(H2,19,25,26). The molecule has 0 bridgehead atoms. The van der Waals surface area contributed by atoms with Crippen molar-refractivity contribution in [3.8, 4) is 0 Å². The SMILES string of the molecule is CC1(c2ccc(Cl)cc2)NC(O)(c2ccc(S(N)(=O)=O)cc2)CN1C(=O)O. The molecule has 0 aromatic heterocycles. The van der Waals surface area contributed by atoms with Gasteiger partial charge in [0.2, 0.25) is 10.0 Å². The van der Waals surface area contributed by atoms with Gasteiger partial charge >= 0.3 is 6.09 Å². The third-order valence-electron chi connectivity index (χ3n) is 4.67. The molecule has 2 aromatic carbocycles. The van der Waals surface area contributed by atoms with Crippen LogP contribution in [-0.2, 0) is 21.4 Å². The zero-order valence-electron chi connectivity index (χ0n) is 14.3. The molecule has 27 heavy (non-hydrogen) atoms. The number of amides is 1. The van der Waals surface area contributed by atoms with Crippen molar-refractivity contribution in [2.45, 2.75) is 23.2 Å². The van der Waals surface area contributed by atoms with E-state index < -0.39 is 27.5 Å². The highest BCUT2D eigenvalue weighted by Gasteiger charge is 2.53. The van der Waals surface area contributed by atoms with Gasteiger partial charge in [-0.05, 0) is 36.8 Å². The number of hydrogen-bond acceptors (Lipinski definition) is 5. The third kappa shape index (κ3) is 3.52.